The van der Waals surface area contributed by atoms with Crippen molar-refractivity contribution in [3.63, 3.8) is 0 Å². The monoisotopic (exact) mass is 321 g/mol. The van der Waals surface area contributed by atoms with Crippen molar-refractivity contribution in [1.29, 1.82) is 0 Å². The van der Waals surface area contributed by atoms with Crippen LogP contribution in [0.25, 0.3) is 0 Å². The van der Waals surface area contributed by atoms with Crippen LogP contribution in [0.3, 0.4) is 0 Å². The Morgan fingerprint density at radius 3 is 2.95 bits per heavy atom. The highest BCUT2D eigenvalue weighted by atomic mass is 32.1. The predicted octanol–water partition coefficient (Wildman–Crippen LogP) is 1.19. The van der Waals surface area contributed by atoms with E-state index in [1.54, 1.807) is 11.0 Å². The Bertz CT molecular complexity index is 665. The lowest BCUT2D eigenvalue weighted by Crippen LogP contribution is -2.36. The zero-order valence-corrected chi connectivity index (χ0v) is 13.5. The maximum absolute atomic E-state index is 11.1. The molecule has 118 valence electrons. The summed E-state index contributed by atoms with van der Waals surface area (Å²) >= 11 is 1.44. The van der Waals surface area contributed by atoms with Gasteiger partial charge in [0, 0.05) is 30.5 Å². The van der Waals surface area contributed by atoms with Crippen molar-refractivity contribution in [2.45, 2.75) is 38.6 Å². The van der Waals surface area contributed by atoms with Gasteiger partial charge in [0.15, 0.2) is 0 Å². The molecule has 2 aromatic rings. The Labute approximate surface area is 132 Å². The van der Waals surface area contributed by atoms with Crippen LogP contribution in [0, 0.1) is 0 Å². The lowest BCUT2D eigenvalue weighted by Gasteiger charge is -2.32. The second-order valence-corrected chi connectivity index (χ2v) is 6.47. The number of nitrogens with zero attached hydrogens (tertiary/aromatic N) is 6. The summed E-state index contributed by atoms with van der Waals surface area (Å²) in [6.07, 6.45) is 3.61. The zero-order chi connectivity index (χ0) is 15.7. The number of hydrogen-bond donors (Lipinski definition) is 1. The van der Waals surface area contributed by atoms with Gasteiger partial charge in [-0.25, -0.2) is 14.6 Å². The van der Waals surface area contributed by atoms with E-state index in [1.165, 1.54) is 11.5 Å². The molecule has 9 heteroatoms. The van der Waals surface area contributed by atoms with Gasteiger partial charge in [-0.05, 0) is 12.8 Å². The number of anilines is 1. The van der Waals surface area contributed by atoms with Crippen LogP contribution >= 0.6 is 11.5 Å². The first-order valence-electron chi connectivity index (χ1n) is 7.34. The Kier molecular flexibility index (Phi) is 4.06. The van der Waals surface area contributed by atoms with Crippen LogP contribution in [0.5, 0.6) is 0 Å². The van der Waals surface area contributed by atoms with E-state index in [2.05, 4.69) is 38.2 Å². The van der Waals surface area contributed by atoms with Gasteiger partial charge >= 0.3 is 0 Å². The van der Waals surface area contributed by atoms with E-state index in [0.29, 0.717) is 5.92 Å². The SMILES string of the molecule is CC(C)c1nsc(N2CCC[C@@H](n3cnc(C(N)=O)n3)C2)n1. The second kappa shape index (κ2) is 5.99. The third-order valence-electron chi connectivity index (χ3n) is 3.72. The van der Waals surface area contributed by atoms with Gasteiger partial charge in [0.25, 0.3) is 5.91 Å². The smallest absolute Gasteiger partial charge is 0.288 e. The molecule has 1 saturated heterocycles. The second-order valence-electron chi connectivity index (χ2n) is 5.74. The summed E-state index contributed by atoms with van der Waals surface area (Å²) < 4.78 is 6.14. The van der Waals surface area contributed by atoms with Crippen molar-refractivity contribution >= 4 is 22.6 Å². The topological polar surface area (TPSA) is 103 Å². The Morgan fingerprint density at radius 2 is 2.32 bits per heavy atom. The minimum Gasteiger partial charge on any atom is -0.363 e. The molecular formula is C13H19N7OS. The van der Waals surface area contributed by atoms with E-state index < -0.39 is 5.91 Å². The molecule has 0 bridgehead atoms. The molecule has 8 nitrogen and oxygen atoms in total. The number of aromatic nitrogens is 5. The quantitative estimate of drug-likeness (QED) is 0.907. The van der Waals surface area contributed by atoms with E-state index >= 15 is 0 Å². The van der Waals surface area contributed by atoms with E-state index in [0.717, 1.165) is 36.9 Å². The van der Waals surface area contributed by atoms with Crippen molar-refractivity contribution in [1.82, 2.24) is 24.1 Å². The van der Waals surface area contributed by atoms with Crippen molar-refractivity contribution in [2.24, 2.45) is 5.73 Å². The van der Waals surface area contributed by atoms with Gasteiger partial charge in [0.2, 0.25) is 11.0 Å². The summed E-state index contributed by atoms with van der Waals surface area (Å²) in [4.78, 5) is 21.9. The first-order valence-corrected chi connectivity index (χ1v) is 8.11. The van der Waals surface area contributed by atoms with Crippen molar-refractivity contribution in [3.8, 4) is 0 Å². The molecule has 3 rings (SSSR count). The van der Waals surface area contributed by atoms with E-state index in [4.69, 9.17) is 5.73 Å². The average molecular weight is 321 g/mol. The molecule has 1 aliphatic rings. The Hall–Kier alpha value is -2.03. The van der Waals surface area contributed by atoms with Crippen LogP contribution in [-0.2, 0) is 0 Å². The summed E-state index contributed by atoms with van der Waals surface area (Å²) in [5, 5.41) is 5.11. The van der Waals surface area contributed by atoms with Gasteiger partial charge in [-0.3, -0.25) is 4.79 Å². The third kappa shape index (κ3) is 2.94. The van der Waals surface area contributed by atoms with E-state index in [9.17, 15) is 4.79 Å². The average Bonchev–Trinajstić information content (AvgIpc) is 3.17. The highest BCUT2D eigenvalue weighted by molar-refractivity contribution is 7.09. The van der Waals surface area contributed by atoms with Gasteiger partial charge in [0.1, 0.15) is 12.2 Å². The molecule has 1 aliphatic heterocycles. The highest BCUT2D eigenvalue weighted by Crippen LogP contribution is 2.28. The summed E-state index contributed by atoms with van der Waals surface area (Å²) in [5.74, 6) is 0.685. The number of hydrogen-bond acceptors (Lipinski definition) is 7. The molecule has 2 N–H and O–H groups in total. The first-order chi connectivity index (χ1) is 10.5. The number of piperidine rings is 1. The van der Waals surface area contributed by atoms with Crippen molar-refractivity contribution in [2.75, 3.05) is 18.0 Å². The van der Waals surface area contributed by atoms with Gasteiger partial charge < -0.3 is 10.6 Å². The fourth-order valence-electron chi connectivity index (χ4n) is 2.50. The number of rotatable bonds is 4. The maximum Gasteiger partial charge on any atom is 0.288 e. The van der Waals surface area contributed by atoms with E-state index in [1.807, 2.05) is 0 Å². The number of nitrogens with two attached hydrogens (primary N) is 1. The molecule has 0 radical (unpaired) electrons. The van der Waals surface area contributed by atoms with Crippen LogP contribution < -0.4 is 10.6 Å². The molecule has 1 amide bonds. The molecule has 0 unspecified atom stereocenters. The highest BCUT2D eigenvalue weighted by Gasteiger charge is 2.25. The molecule has 3 heterocycles. The number of amides is 1. The maximum atomic E-state index is 11.1. The normalized spacial score (nSPS) is 18.9. The first kappa shape index (κ1) is 14.9. The van der Waals surface area contributed by atoms with Gasteiger partial charge in [0.05, 0.1) is 6.04 Å². The Morgan fingerprint density at radius 1 is 1.50 bits per heavy atom. The van der Waals surface area contributed by atoms with Crippen molar-refractivity contribution in [3.05, 3.63) is 18.0 Å². The van der Waals surface area contributed by atoms with Crippen molar-refractivity contribution < 1.29 is 4.79 Å². The molecule has 22 heavy (non-hydrogen) atoms. The van der Waals surface area contributed by atoms with E-state index in [-0.39, 0.29) is 11.9 Å². The summed E-state index contributed by atoms with van der Waals surface area (Å²) in [6, 6.07) is 0.167. The van der Waals surface area contributed by atoms with Gasteiger partial charge in [-0.1, -0.05) is 13.8 Å². The summed E-state index contributed by atoms with van der Waals surface area (Å²) in [7, 11) is 0. The molecule has 0 spiro atoms. The summed E-state index contributed by atoms with van der Waals surface area (Å²) in [6.45, 7) is 5.92. The fourth-order valence-corrected chi connectivity index (χ4v) is 3.34. The summed E-state index contributed by atoms with van der Waals surface area (Å²) in [5.41, 5.74) is 5.20. The Balaban J connectivity index is 1.74. The lowest BCUT2D eigenvalue weighted by molar-refractivity contribution is 0.0990. The van der Waals surface area contributed by atoms with Crippen LogP contribution in [0.4, 0.5) is 5.13 Å². The fraction of sp³-hybridized carbons (Fsp3) is 0.615. The number of carbonyl (C=O) groups excluding carboxylic acids is 1. The van der Waals surface area contributed by atoms with Crippen LogP contribution in [0.1, 0.15) is 55.1 Å². The number of carbonyl (C=O) groups is 1. The van der Waals surface area contributed by atoms with Crippen LogP contribution in [0.2, 0.25) is 0 Å². The molecule has 1 fully saturated rings. The minimum atomic E-state index is -0.600. The van der Waals surface area contributed by atoms with Crippen LogP contribution in [0.15, 0.2) is 6.33 Å². The molecule has 0 saturated carbocycles. The zero-order valence-electron chi connectivity index (χ0n) is 12.6. The predicted molar refractivity (Wildman–Crippen MR) is 83.0 cm³/mol. The minimum absolute atomic E-state index is 0.0649. The van der Waals surface area contributed by atoms with Gasteiger partial charge in [-0.15, -0.1) is 5.10 Å². The largest absolute Gasteiger partial charge is 0.363 e. The third-order valence-corrected chi connectivity index (χ3v) is 4.51. The van der Waals surface area contributed by atoms with Crippen LogP contribution in [-0.4, -0.2) is 43.1 Å². The van der Waals surface area contributed by atoms with Gasteiger partial charge in [-0.2, -0.15) is 4.37 Å². The standard InChI is InChI=1S/C13H19N7OS/c1-8(2)11-16-13(22-18-11)19-5-3-4-9(6-19)20-7-15-12(17-20)10(14)21/h7-9H,3-6H2,1-2H3,(H2,14,21)/t9-/m1/s1. The molecule has 0 aromatic carbocycles. The lowest BCUT2D eigenvalue weighted by atomic mass is 10.1. The molecule has 2 aromatic heterocycles. The molecule has 1 atom stereocenters. The molecular weight excluding hydrogens is 302 g/mol. The molecule has 0 aliphatic carbocycles. The number of primary amides is 1.